The van der Waals surface area contributed by atoms with Gasteiger partial charge in [0.15, 0.2) is 0 Å². The van der Waals surface area contributed by atoms with Crippen LogP contribution in [0, 0.1) is 5.92 Å². The summed E-state index contributed by atoms with van der Waals surface area (Å²) in [7, 11) is 0. The van der Waals surface area contributed by atoms with E-state index in [1.165, 1.54) is 5.56 Å². The summed E-state index contributed by atoms with van der Waals surface area (Å²) in [5.41, 5.74) is 3.84. The molecule has 2 amide bonds. The van der Waals surface area contributed by atoms with Gasteiger partial charge in [0.05, 0.1) is 12.7 Å². The Kier molecular flexibility index (Phi) is 5.15. The summed E-state index contributed by atoms with van der Waals surface area (Å²) in [5.74, 6) is 0.193. The molecule has 1 saturated heterocycles. The molecule has 0 radical (unpaired) electrons. The van der Waals surface area contributed by atoms with Crippen molar-refractivity contribution in [3.05, 3.63) is 65.9 Å². The highest BCUT2D eigenvalue weighted by molar-refractivity contribution is 5.95. The first kappa shape index (κ1) is 18.3. The van der Waals surface area contributed by atoms with Gasteiger partial charge in [-0.15, -0.1) is 0 Å². The smallest absolute Gasteiger partial charge is 0.227 e. The monoisotopic (exact) mass is 376 g/mol. The Morgan fingerprint density at radius 3 is 2.82 bits per heavy atom. The lowest BCUT2D eigenvalue weighted by atomic mass is 10.1. The second kappa shape index (κ2) is 7.89. The van der Waals surface area contributed by atoms with Crippen LogP contribution < -0.4 is 10.2 Å². The van der Waals surface area contributed by atoms with Gasteiger partial charge in [0.2, 0.25) is 11.8 Å². The van der Waals surface area contributed by atoms with E-state index >= 15 is 0 Å². The molecule has 1 aliphatic heterocycles. The summed E-state index contributed by atoms with van der Waals surface area (Å²) in [4.78, 5) is 26.5. The molecule has 0 saturated carbocycles. The highest BCUT2D eigenvalue weighted by Crippen LogP contribution is 2.25. The fourth-order valence-electron chi connectivity index (χ4n) is 3.76. The predicted octanol–water partition coefficient (Wildman–Crippen LogP) is 3.71. The number of anilines is 1. The predicted molar refractivity (Wildman–Crippen MR) is 109 cm³/mol. The van der Waals surface area contributed by atoms with Crippen LogP contribution in [0.5, 0.6) is 0 Å². The van der Waals surface area contributed by atoms with Crippen LogP contribution >= 0.6 is 0 Å². The van der Waals surface area contributed by atoms with Gasteiger partial charge in [-0.3, -0.25) is 9.59 Å². The van der Waals surface area contributed by atoms with Crippen LogP contribution in [-0.2, 0) is 22.4 Å². The molecular formula is C23H24N2O3. The third-order valence-corrected chi connectivity index (χ3v) is 5.34. The van der Waals surface area contributed by atoms with Crippen molar-refractivity contribution in [2.24, 2.45) is 5.92 Å². The summed E-state index contributed by atoms with van der Waals surface area (Å²) in [6.45, 7) is 3.25. The van der Waals surface area contributed by atoms with Gasteiger partial charge in [0.25, 0.3) is 0 Å². The van der Waals surface area contributed by atoms with Gasteiger partial charge >= 0.3 is 0 Å². The van der Waals surface area contributed by atoms with Crippen LogP contribution in [0.15, 0.2) is 59.2 Å². The molecule has 2 aromatic carbocycles. The van der Waals surface area contributed by atoms with E-state index in [2.05, 4.69) is 18.3 Å². The third-order valence-electron chi connectivity index (χ3n) is 5.34. The summed E-state index contributed by atoms with van der Waals surface area (Å²) in [5, 5.41) is 3.99. The van der Waals surface area contributed by atoms with Crippen molar-refractivity contribution in [1.82, 2.24) is 5.32 Å². The van der Waals surface area contributed by atoms with E-state index in [-0.39, 0.29) is 24.2 Å². The van der Waals surface area contributed by atoms with Crippen molar-refractivity contribution in [2.45, 2.75) is 26.2 Å². The summed E-state index contributed by atoms with van der Waals surface area (Å²) in [6.07, 6.45) is 3.35. The second-order valence-electron chi connectivity index (χ2n) is 7.34. The Labute approximate surface area is 164 Å². The Hall–Kier alpha value is -3.08. The number of hydrogen-bond acceptors (Lipinski definition) is 3. The SMILES string of the molecule is CCc1ccc2occ(CC(=O)NC[C@@H]3CC(=O)N(c4ccccc4)C3)c2c1. The van der Waals surface area contributed by atoms with E-state index in [4.69, 9.17) is 4.42 Å². The van der Waals surface area contributed by atoms with E-state index in [0.717, 1.165) is 28.6 Å². The van der Waals surface area contributed by atoms with E-state index < -0.39 is 0 Å². The number of amides is 2. The molecule has 0 aliphatic carbocycles. The Morgan fingerprint density at radius 2 is 2.04 bits per heavy atom. The summed E-state index contributed by atoms with van der Waals surface area (Å²) in [6, 6.07) is 15.8. The van der Waals surface area contributed by atoms with E-state index in [1.807, 2.05) is 42.5 Å². The molecule has 1 aliphatic rings. The fraction of sp³-hybridized carbons (Fsp3) is 0.304. The molecule has 0 bridgehead atoms. The van der Waals surface area contributed by atoms with Gasteiger partial charge in [-0.2, -0.15) is 0 Å². The number of para-hydroxylation sites is 1. The number of nitrogens with zero attached hydrogens (tertiary/aromatic N) is 1. The first-order valence-corrected chi connectivity index (χ1v) is 9.75. The lowest BCUT2D eigenvalue weighted by Crippen LogP contribution is -2.32. The largest absolute Gasteiger partial charge is 0.464 e. The standard InChI is InChI=1S/C23H24N2O3/c1-2-16-8-9-21-20(10-16)18(15-28-21)12-22(26)24-13-17-11-23(27)25(14-17)19-6-4-3-5-7-19/h3-10,15,17H,2,11-14H2,1H3,(H,24,26)/t17-/m0/s1. The Morgan fingerprint density at radius 1 is 1.21 bits per heavy atom. The summed E-state index contributed by atoms with van der Waals surface area (Å²) < 4.78 is 5.57. The maximum Gasteiger partial charge on any atom is 0.227 e. The number of carbonyl (C=O) groups is 2. The molecule has 2 heterocycles. The highest BCUT2D eigenvalue weighted by Gasteiger charge is 2.30. The molecule has 4 rings (SSSR count). The van der Waals surface area contributed by atoms with E-state index in [1.54, 1.807) is 11.2 Å². The average Bonchev–Trinajstić information content (AvgIpc) is 3.30. The van der Waals surface area contributed by atoms with Crippen LogP contribution in [0.25, 0.3) is 11.0 Å². The van der Waals surface area contributed by atoms with Crippen molar-refractivity contribution in [2.75, 3.05) is 18.0 Å². The number of hydrogen-bond donors (Lipinski definition) is 1. The number of carbonyl (C=O) groups excluding carboxylic acids is 2. The van der Waals surface area contributed by atoms with Crippen molar-refractivity contribution >= 4 is 28.5 Å². The fourth-order valence-corrected chi connectivity index (χ4v) is 3.76. The molecule has 0 unspecified atom stereocenters. The van der Waals surface area contributed by atoms with Crippen LogP contribution in [0.2, 0.25) is 0 Å². The van der Waals surface area contributed by atoms with Crippen molar-refractivity contribution in [1.29, 1.82) is 0 Å². The zero-order valence-electron chi connectivity index (χ0n) is 16.0. The van der Waals surface area contributed by atoms with Crippen molar-refractivity contribution in [3.8, 4) is 0 Å². The maximum absolute atomic E-state index is 12.4. The van der Waals surface area contributed by atoms with Crippen molar-refractivity contribution in [3.63, 3.8) is 0 Å². The maximum atomic E-state index is 12.4. The van der Waals surface area contributed by atoms with Crippen LogP contribution in [0.3, 0.4) is 0 Å². The molecule has 1 N–H and O–H groups in total. The van der Waals surface area contributed by atoms with Crippen LogP contribution in [0.1, 0.15) is 24.5 Å². The van der Waals surface area contributed by atoms with Gasteiger partial charge in [-0.25, -0.2) is 0 Å². The molecule has 3 aromatic rings. The average molecular weight is 376 g/mol. The zero-order valence-corrected chi connectivity index (χ0v) is 16.0. The third kappa shape index (κ3) is 3.79. The minimum absolute atomic E-state index is 0.0461. The first-order valence-electron chi connectivity index (χ1n) is 9.75. The number of aryl methyl sites for hydroxylation is 1. The van der Waals surface area contributed by atoms with Crippen LogP contribution in [0.4, 0.5) is 5.69 Å². The quantitative estimate of drug-likeness (QED) is 0.713. The zero-order chi connectivity index (χ0) is 19.5. The van der Waals surface area contributed by atoms with Crippen molar-refractivity contribution < 1.29 is 14.0 Å². The Bertz CT molecular complexity index is 994. The molecule has 0 spiro atoms. The second-order valence-corrected chi connectivity index (χ2v) is 7.34. The number of rotatable bonds is 6. The lowest BCUT2D eigenvalue weighted by Gasteiger charge is -2.16. The highest BCUT2D eigenvalue weighted by atomic mass is 16.3. The topological polar surface area (TPSA) is 62.6 Å². The molecule has 5 nitrogen and oxygen atoms in total. The lowest BCUT2D eigenvalue weighted by molar-refractivity contribution is -0.121. The number of furan rings is 1. The number of fused-ring (bicyclic) bond motifs is 1. The van der Waals surface area contributed by atoms with Gasteiger partial charge < -0.3 is 14.6 Å². The van der Waals surface area contributed by atoms with Gasteiger partial charge in [0, 0.05) is 42.1 Å². The molecule has 1 atom stereocenters. The number of nitrogens with one attached hydrogen (secondary N) is 1. The van der Waals surface area contributed by atoms with Gasteiger partial charge in [-0.05, 0) is 36.2 Å². The van der Waals surface area contributed by atoms with Gasteiger partial charge in [0.1, 0.15) is 5.58 Å². The van der Waals surface area contributed by atoms with Gasteiger partial charge in [-0.1, -0.05) is 31.2 Å². The molecule has 28 heavy (non-hydrogen) atoms. The van der Waals surface area contributed by atoms with Crippen LogP contribution in [-0.4, -0.2) is 24.9 Å². The molecule has 1 aromatic heterocycles. The summed E-state index contributed by atoms with van der Waals surface area (Å²) >= 11 is 0. The van der Waals surface area contributed by atoms with E-state index in [9.17, 15) is 9.59 Å². The minimum atomic E-state index is -0.0461. The normalized spacial score (nSPS) is 16.7. The number of benzene rings is 2. The Balaban J connectivity index is 1.35. The molecule has 144 valence electrons. The molecular weight excluding hydrogens is 352 g/mol. The molecule has 1 fully saturated rings. The van der Waals surface area contributed by atoms with E-state index in [0.29, 0.717) is 19.5 Å². The first-order chi connectivity index (χ1) is 13.6. The minimum Gasteiger partial charge on any atom is -0.464 e. The molecule has 5 heteroatoms.